The van der Waals surface area contributed by atoms with Crippen molar-refractivity contribution in [2.75, 3.05) is 0 Å². The van der Waals surface area contributed by atoms with E-state index in [1.165, 1.54) is 5.19 Å². The second-order valence-corrected chi connectivity index (χ2v) is 5.46. The SMILES string of the molecule is CC(C)O[SiH](C)c1ccccc1. The Balaban J connectivity index is 2.59. The summed E-state index contributed by atoms with van der Waals surface area (Å²) in [6, 6.07) is 10.5. The maximum atomic E-state index is 5.78. The summed E-state index contributed by atoms with van der Waals surface area (Å²) in [5.41, 5.74) is 0. The summed E-state index contributed by atoms with van der Waals surface area (Å²) in [6.07, 6.45) is 0.354. The molecule has 2 heteroatoms. The summed E-state index contributed by atoms with van der Waals surface area (Å²) in [5.74, 6) is 0. The molecule has 0 fully saturated rings. The maximum absolute atomic E-state index is 5.78. The van der Waals surface area contributed by atoms with Gasteiger partial charge in [0.15, 0.2) is 0 Å². The minimum absolute atomic E-state index is 0.354. The summed E-state index contributed by atoms with van der Waals surface area (Å²) < 4.78 is 5.78. The van der Waals surface area contributed by atoms with Gasteiger partial charge in [-0.1, -0.05) is 30.3 Å². The van der Waals surface area contributed by atoms with Crippen molar-refractivity contribution in [1.29, 1.82) is 0 Å². The fourth-order valence-electron chi connectivity index (χ4n) is 1.21. The number of hydrogen-bond donors (Lipinski definition) is 0. The molecule has 1 rings (SSSR count). The van der Waals surface area contributed by atoms with Crippen LogP contribution >= 0.6 is 0 Å². The highest BCUT2D eigenvalue weighted by atomic mass is 28.3. The largest absolute Gasteiger partial charge is 0.413 e. The van der Waals surface area contributed by atoms with Gasteiger partial charge in [0.25, 0.3) is 0 Å². The molecule has 1 atom stereocenters. The molecule has 0 saturated heterocycles. The molecule has 66 valence electrons. The van der Waals surface area contributed by atoms with Gasteiger partial charge in [0, 0.05) is 6.10 Å². The fourth-order valence-corrected chi connectivity index (χ4v) is 2.95. The molecular formula is C10H16OSi. The first-order chi connectivity index (χ1) is 5.70. The second kappa shape index (κ2) is 4.43. The molecule has 0 spiro atoms. The molecule has 1 aromatic carbocycles. The topological polar surface area (TPSA) is 9.23 Å². The van der Waals surface area contributed by atoms with Crippen molar-refractivity contribution in [3.8, 4) is 0 Å². The van der Waals surface area contributed by atoms with Gasteiger partial charge in [-0.25, -0.2) is 0 Å². The van der Waals surface area contributed by atoms with Gasteiger partial charge in [-0.3, -0.25) is 0 Å². The van der Waals surface area contributed by atoms with E-state index in [0.29, 0.717) is 6.10 Å². The van der Waals surface area contributed by atoms with Gasteiger partial charge in [0.1, 0.15) is 0 Å². The highest BCUT2D eigenvalue weighted by Gasteiger charge is 2.08. The van der Waals surface area contributed by atoms with E-state index in [1.54, 1.807) is 0 Å². The van der Waals surface area contributed by atoms with Crippen LogP contribution in [0.5, 0.6) is 0 Å². The Labute approximate surface area is 76.1 Å². The van der Waals surface area contributed by atoms with Crippen molar-refractivity contribution in [2.45, 2.75) is 26.5 Å². The van der Waals surface area contributed by atoms with Crippen LogP contribution in [-0.2, 0) is 4.43 Å². The number of benzene rings is 1. The Morgan fingerprint density at radius 2 is 1.75 bits per heavy atom. The van der Waals surface area contributed by atoms with E-state index in [2.05, 4.69) is 44.7 Å². The molecule has 0 aliphatic heterocycles. The lowest BCUT2D eigenvalue weighted by Crippen LogP contribution is -2.32. The summed E-state index contributed by atoms with van der Waals surface area (Å²) in [4.78, 5) is 0. The van der Waals surface area contributed by atoms with Crippen LogP contribution in [0.3, 0.4) is 0 Å². The summed E-state index contributed by atoms with van der Waals surface area (Å²) in [6.45, 7) is 6.40. The molecule has 12 heavy (non-hydrogen) atoms. The monoisotopic (exact) mass is 180 g/mol. The normalized spacial score (nSPS) is 13.3. The Morgan fingerprint density at radius 1 is 1.17 bits per heavy atom. The third kappa shape index (κ3) is 2.79. The zero-order chi connectivity index (χ0) is 8.97. The smallest absolute Gasteiger partial charge is 0.205 e. The molecule has 0 radical (unpaired) electrons. The van der Waals surface area contributed by atoms with E-state index >= 15 is 0 Å². The van der Waals surface area contributed by atoms with Crippen LogP contribution in [0.4, 0.5) is 0 Å². The highest BCUT2D eigenvalue weighted by Crippen LogP contribution is 1.94. The Morgan fingerprint density at radius 3 is 2.25 bits per heavy atom. The lowest BCUT2D eigenvalue weighted by molar-refractivity contribution is 0.250. The minimum atomic E-state index is -1.12. The van der Waals surface area contributed by atoms with Crippen molar-refractivity contribution >= 4 is 14.2 Å². The van der Waals surface area contributed by atoms with Crippen molar-refractivity contribution in [3.63, 3.8) is 0 Å². The molecule has 0 aliphatic carbocycles. The molecule has 1 unspecified atom stereocenters. The zero-order valence-corrected chi connectivity index (χ0v) is 9.10. The van der Waals surface area contributed by atoms with Crippen LogP contribution in [0, 0.1) is 0 Å². The molecule has 1 aromatic rings. The molecule has 1 nitrogen and oxygen atoms in total. The van der Waals surface area contributed by atoms with E-state index in [0.717, 1.165) is 0 Å². The van der Waals surface area contributed by atoms with Gasteiger partial charge in [0.2, 0.25) is 9.04 Å². The Kier molecular flexibility index (Phi) is 3.50. The van der Waals surface area contributed by atoms with Crippen molar-refractivity contribution < 1.29 is 4.43 Å². The van der Waals surface area contributed by atoms with Gasteiger partial charge >= 0.3 is 0 Å². The van der Waals surface area contributed by atoms with Crippen molar-refractivity contribution in [3.05, 3.63) is 30.3 Å². The average molecular weight is 180 g/mol. The van der Waals surface area contributed by atoms with Crippen LogP contribution in [0.1, 0.15) is 13.8 Å². The lowest BCUT2D eigenvalue weighted by atomic mass is 10.4. The summed E-state index contributed by atoms with van der Waals surface area (Å²) in [5, 5.41) is 1.38. The van der Waals surface area contributed by atoms with Gasteiger partial charge in [-0.2, -0.15) is 0 Å². The summed E-state index contributed by atoms with van der Waals surface area (Å²) in [7, 11) is -1.12. The van der Waals surface area contributed by atoms with Gasteiger partial charge in [-0.05, 0) is 25.6 Å². The molecule has 0 heterocycles. The Hall–Kier alpha value is -0.603. The third-order valence-corrected chi connectivity index (χ3v) is 4.02. The van der Waals surface area contributed by atoms with Crippen molar-refractivity contribution in [2.24, 2.45) is 0 Å². The molecule has 0 amide bonds. The predicted molar refractivity (Wildman–Crippen MR) is 55.3 cm³/mol. The first kappa shape index (κ1) is 9.48. The van der Waals surface area contributed by atoms with E-state index in [-0.39, 0.29) is 0 Å². The molecule has 0 bridgehead atoms. The van der Waals surface area contributed by atoms with Gasteiger partial charge in [0.05, 0.1) is 0 Å². The molecule has 0 N–H and O–H groups in total. The van der Waals surface area contributed by atoms with E-state index < -0.39 is 9.04 Å². The first-order valence-corrected chi connectivity index (χ1v) is 6.61. The first-order valence-electron chi connectivity index (χ1n) is 4.40. The average Bonchev–Trinajstić information content (AvgIpc) is 2.05. The van der Waals surface area contributed by atoms with Crippen LogP contribution in [0.25, 0.3) is 0 Å². The van der Waals surface area contributed by atoms with Crippen LogP contribution in [0.15, 0.2) is 30.3 Å². The van der Waals surface area contributed by atoms with E-state index in [9.17, 15) is 0 Å². The predicted octanol–water partition coefficient (Wildman–Crippen LogP) is 1.67. The third-order valence-electron chi connectivity index (χ3n) is 1.75. The minimum Gasteiger partial charge on any atom is -0.413 e. The standard InChI is InChI=1S/C10H16OSi/c1-9(2)11-12(3)10-7-5-4-6-8-10/h4-9,12H,1-3H3. The highest BCUT2D eigenvalue weighted by molar-refractivity contribution is 6.66. The quantitative estimate of drug-likeness (QED) is 0.643. The fraction of sp³-hybridized carbons (Fsp3) is 0.400. The maximum Gasteiger partial charge on any atom is 0.205 e. The van der Waals surface area contributed by atoms with Crippen LogP contribution < -0.4 is 5.19 Å². The van der Waals surface area contributed by atoms with E-state index in [1.807, 2.05) is 6.07 Å². The molecule has 0 saturated carbocycles. The van der Waals surface area contributed by atoms with Gasteiger partial charge < -0.3 is 4.43 Å². The van der Waals surface area contributed by atoms with Crippen molar-refractivity contribution in [1.82, 2.24) is 0 Å². The Bertz CT molecular complexity index is 221. The number of hydrogen-bond acceptors (Lipinski definition) is 1. The van der Waals surface area contributed by atoms with Crippen LogP contribution in [0.2, 0.25) is 6.55 Å². The number of rotatable bonds is 3. The van der Waals surface area contributed by atoms with Gasteiger partial charge in [-0.15, -0.1) is 0 Å². The second-order valence-electron chi connectivity index (χ2n) is 3.24. The van der Waals surface area contributed by atoms with Crippen LogP contribution in [-0.4, -0.2) is 15.1 Å². The molecule has 0 aliphatic rings. The summed E-state index contributed by atoms with van der Waals surface area (Å²) >= 11 is 0. The lowest BCUT2D eigenvalue weighted by Gasteiger charge is -2.14. The zero-order valence-electron chi connectivity index (χ0n) is 7.95. The molecule has 0 aromatic heterocycles. The molecular weight excluding hydrogens is 164 g/mol. The van der Waals surface area contributed by atoms with E-state index in [4.69, 9.17) is 4.43 Å².